The number of unbranched alkanes of at least 4 members (excludes halogenated alkanes) is 68. The summed E-state index contributed by atoms with van der Waals surface area (Å²) in [6, 6.07) is 5.13. The summed E-state index contributed by atoms with van der Waals surface area (Å²) in [4.78, 5) is 17.4. The summed E-state index contributed by atoms with van der Waals surface area (Å²) in [6.07, 6.45) is 107. The van der Waals surface area contributed by atoms with Crippen molar-refractivity contribution in [3.05, 3.63) is 45.4 Å². The lowest BCUT2D eigenvalue weighted by Crippen LogP contribution is -2.03. The Hall–Kier alpha value is -1.56. The maximum absolute atomic E-state index is 5.87. The molecule has 4 rings (SSSR count). The minimum absolute atomic E-state index is 1.08. The zero-order valence-corrected chi connectivity index (χ0v) is 69.6. The van der Waals surface area contributed by atoms with Gasteiger partial charge in [0.2, 0.25) is 0 Å². The van der Waals surface area contributed by atoms with Gasteiger partial charge in [0, 0.05) is 9.75 Å². The highest BCUT2D eigenvalue weighted by Gasteiger charge is 2.23. The van der Waals surface area contributed by atoms with E-state index in [1.807, 2.05) is 34.0 Å². The van der Waals surface area contributed by atoms with Crippen molar-refractivity contribution in [3.63, 3.8) is 0 Å². The summed E-state index contributed by atoms with van der Waals surface area (Å²) in [5.41, 5.74) is 8.13. The molecule has 4 heterocycles. The molecule has 0 aliphatic carbocycles. The average Bonchev–Trinajstić information content (AvgIpc) is 1.60. The lowest BCUT2D eigenvalue weighted by molar-refractivity contribution is 0.524. The van der Waals surface area contributed by atoms with Gasteiger partial charge in [0.15, 0.2) is 0 Å². The number of thiophene rings is 3. The molecule has 0 aliphatic rings. The third-order valence-corrected chi connectivity index (χ3v) is 26.1. The van der Waals surface area contributed by atoms with Crippen molar-refractivity contribution in [1.29, 1.82) is 0 Å². The minimum Gasteiger partial charge on any atom is -0.248 e. The number of fused-ring (bicyclic) bond motifs is 1. The van der Waals surface area contributed by atoms with Crippen molar-refractivity contribution < 1.29 is 0 Å². The molecule has 0 bridgehead atoms. The first-order valence-electron chi connectivity index (χ1n) is 45.7. The summed E-state index contributed by atoms with van der Waals surface area (Å²) < 4.78 is 0. The van der Waals surface area contributed by atoms with E-state index in [-0.39, 0.29) is 0 Å². The molecule has 0 atom stereocenters. The Kier molecular flexibility index (Phi) is 61.9. The van der Waals surface area contributed by atoms with Gasteiger partial charge in [-0.15, -0.1) is 34.0 Å². The first kappa shape index (κ1) is 89.8. The highest BCUT2D eigenvalue weighted by Crippen LogP contribution is 2.47. The molecule has 0 unspecified atom stereocenters. The van der Waals surface area contributed by atoms with Gasteiger partial charge in [-0.2, -0.15) is 0 Å². The van der Waals surface area contributed by atoms with E-state index in [4.69, 9.17) is 9.97 Å². The zero-order valence-electron chi connectivity index (χ0n) is 67.2. The fourth-order valence-electron chi connectivity index (χ4n) is 15.9. The van der Waals surface area contributed by atoms with Crippen molar-refractivity contribution in [2.75, 3.05) is 0 Å². The van der Waals surface area contributed by atoms with Crippen LogP contribution in [0.5, 0.6) is 0 Å². The van der Waals surface area contributed by atoms with Crippen LogP contribution in [-0.2, 0) is 25.7 Å². The van der Waals surface area contributed by atoms with E-state index in [1.165, 1.54) is 528 Å². The predicted octanol–water partition coefficient (Wildman–Crippen LogP) is 35.5. The molecule has 99 heavy (non-hydrogen) atoms. The lowest BCUT2D eigenvalue weighted by atomic mass is 10.0. The lowest BCUT2D eigenvalue weighted by Gasteiger charge is -2.10. The summed E-state index contributed by atoms with van der Waals surface area (Å²) in [5.74, 6) is 0. The van der Waals surface area contributed by atoms with Gasteiger partial charge in [-0.25, -0.2) is 9.97 Å². The van der Waals surface area contributed by atoms with Crippen LogP contribution in [0.3, 0.4) is 0 Å². The number of aromatic nitrogens is 2. The topological polar surface area (TPSA) is 25.8 Å². The van der Waals surface area contributed by atoms with Crippen LogP contribution < -0.4 is 0 Å². The number of hydrogen-bond acceptors (Lipinski definition) is 5. The fourth-order valence-corrected chi connectivity index (χ4v) is 19.2. The number of hydrogen-bond donors (Lipinski definition) is 0. The molecule has 2 nitrogen and oxygen atoms in total. The molecule has 0 amide bonds. The standard InChI is InChI=1S/C94H168N2S3/c1-5-9-13-17-21-25-29-33-37-41-45-49-53-57-61-65-69-73-77-85-81-89(97-83-85)93-91-92(94(99-93)90-82-86(84-98-90)78-74-70-66-62-58-54-50-46-42-38-34-30-26-22-18-14-10-6-2)96-88(80-76-72-68-64-60-56-52-48-44-40-36-32-28-24-20-16-12-8-4)87(95-91)79-75-71-67-63-59-55-51-47-43-39-35-31-27-23-19-15-11-7-3/h81-84H,5-80H2,1-4H3. The first-order valence-corrected chi connectivity index (χ1v) is 48.2. The maximum Gasteiger partial charge on any atom is 0.109 e. The monoisotopic (exact) mass is 1420 g/mol. The molecule has 0 spiro atoms. The molecule has 572 valence electrons. The van der Waals surface area contributed by atoms with Crippen molar-refractivity contribution in [3.8, 4) is 19.5 Å². The Morgan fingerprint density at radius 2 is 0.364 bits per heavy atom. The molecule has 5 heteroatoms. The second kappa shape index (κ2) is 68.3. The largest absolute Gasteiger partial charge is 0.248 e. The fraction of sp³-hybridized carbons (Fsp3) is 0.851. The molecule has 4 aromatic rings. The Morgan fingerprint density at radius 1 is 0.202 bits per heavy atom. The Bertz CT molecular complexity index is 2140. The van der Waals surface area contributed by atoms with Gasteiger partial charge in [0.05, 0.1) is 21.1 Å². The molecule has 0 saturated carbocycles. The van der Waals surface area contributed by atoms with E-state index in [9.17, 15) is 0 Å². The first-order chi connectivity index (χ1) is 49.2. The van der Waals surface area contributed by atoms with E-state index < -0.39 is 0 Å². The van der Waals surface area contributed by atoms with Crippen molar-refractivity contribution in [2.24, 2.45) is 0 Å². The van der Waals surface area contributed by atoms with Crippen LogP contribution in [0.1, 0.15) is 513 Å². The van der Waals surface area contributed by atoms with Crippen LogP contribution in [-0.4, -0.2) is 9.97 Å². The summed E-state index contributed by atoms with van der Waals surface area (Å²) >= 11 is 5.99. The van der Waals surface area contributed by atoms with Crippen molar-refractivity contribution in [2.45, 2.75) is 516 Å². The van der Waals surface area contributed by atoms with Crippen LogP contribution in [0.15, 0.2) is 22.9 Å². The van der Waals surface area contributed by atoms with Gasteiger partial charge >= 0.3 is 0 Å². The SMILES string of the molecule is CCCCCCCCCCCCCCCCCCCCc1csc(-c2sc(-c3cc(CCCCCCCCCCCCCCCCCCCC)cs3)c3nc(CCCCCCCCCCCCCCCCCCCC)c(CCCCCCCCCCCCCCCCCCCC)nc23)c1. The zero-order chi connectivity index (χ0) is 69.9. The normalized spacial score (nSPS) is 11.9. The molecule has 0 aromatic carbocycles. The molecule has 0 saturated heterocycles. The van der Waals surface area contributed by atoms with E-state index in [1.54, 1.807) is 0 Å². The second-order valence-electron chi connectivity index (χ2n) is 32.3. The quantitative estimate of drug-likeness (QED) is 0.0412. The van der Waals surface area contributed by atoms with E-state index in [0.717, 1.165) is 12.8 Å². The minimum atomic E-state index is 1.08. The molecular weight excluding hydrogens is 1250 g/mol. The van der Waals surface area contributed by atoms with Gasteiger partial charge in [-0.05, 0) is 85.4 Å². The van der Waals surface area contributed by atoms with Crippen LogP contribution >= 0.6 is 34.0 Å². The van der Waals surface area contributed by atoms with Gasteiger partial charge in [-0.1, -0.05) is 464 Å². The third kappa shape index (κ3) is 49.0. The predicted molar refractivity (Wildman–Crippen MR) is 454 cm³/mol. The summed E-state index contributed by atoms with van der Waals surface area (Å²) in [7, 11) is 0. The van der Waals surface area contributed by atoms with Crippen LogP contribution in [0, 0.1) is 0 Å². The Balaban J connectivity index is 1.33. The second-order valence-corrected chi connectivity index (χ2v) is 35.1. The number of nitrogens with zero attached hydrogens (tertiary/aromatic N) is 2. The van der Waals surface area contributed by atoms with Crippen LogP contribution in [0.2, 0.25) is 0 Å². The van der Waals surface area contributed by atoms with Crippen molar-refractivity contribution in [1.82, 2.24) is 9.97 Å². The molecule has 0 fully saturated rings. The van der Waals surface area contributed by atoms with E-state index in [2.05, 4.69) is 50.6 Å². The van der Waals surface area contributed by atoms with Gasteiger partial charge < -0.3 is 0 Å². The van der Waals surface area contributed by atoms with Gasteiger partial charge in [-0.3, -0.25) is 0 Å². The van der Waals surface area contributed by atoms with Crippen LogP contribution in [0.25, 0.3) is 30.5 Å². The summed E-state index contributed by atoms with van der Waals surface area (Å²) in [6.45, 7) is 9.29. The number of aryl methyl sites for hydroxylation is 4. The number of rotatable bonds is 78. The molecule has 0 N–H and O–H groups in total. The molecule has 0 radical (unpaired) electrons. The maximum atomic E-state index is 5.87. The highest BCUT2D eigenvalue weighted by atomic mass is 32.1. The van der Waals surface area contributed by atoms with Gasteiger partial charge in [0.25, 0.3) is 0 Å². The van der Waals surface area contributed by atoms with E-state index >= 15 is 0 Å². The highest BCUT2D eigenvalue weighted by molar-refractivity contribution is 7.27. The summed E-state index contributed by atoms with van der Waals surface area (Å²) in [5, 5.41) is 4.99. The molecule has 4 aromatic heterocycles. The average molecular weight is 1420 g/mol. The smallest absolute Gasteiger partial charge is 0.109 e. The van der Waals surface area contributed by atoms with Crippen LogP contribution in [0.4, 0.5) is 0 Å². The molecule has 0 aliphatic heterocycles. The van der Waals surface area contributed by atoms with Crippen molar-refractivity contribution >= 4 is 45.0 Å². The Labute approximate surface area is 631 Å². The van der Waals surface area contributed by atoms with Gasteiger partial charge in [0.1, 0.15) is 11.0 Å². The third-order valence-electron chi connectivity index (χ3n) is 22.6. The van der Waals surface area contributed by atoms with E-state index in [0.29, 0.717) is 0 Å². The molecular formula is C94H168N2S3. The Morgan fingerprint density at radius 3 is 0.545 bits per heavy atom.